The summed E-state index contributed by atoms with van der Waals surface area (Å²) in [6, 6.07) is 14.8. The Morgan fingerprint density at radius 1 is 1.00 bits per heavy atom. The van der Waals surface area contributed by atoms with Crippen LogP contribution in [0.1, 0.15) is 37.7 Å². The molecule has 2 aromatic heterocycles. The lowest BCUT2D eigenvalue weighted by Crippen LogP contribution is -2.22. The second-order valence-electron chi connectivity index (χ2n) is 7.44. The van der Waals surface area contributed by atoms with E-state index >= 15 is 0 Å². The summed E-state index contributed by atoms with van der Waals surface area (Å²) < 4.78 is 1.07. The van der Waals surface area contributed by atoms with E-state index in [0.717, 1.165) is 27.2 Å². The second kappa shape index (κ2) is 9.59. The molecular formula is C23H24BrClN4. The molecule has 4 nitrogen and oxygen atoms in total. The number of pyridine rings is 2. The Bertz CT molecular complexity index is 973. The predicted molar refractivity (Wildman–Crippen MR) is 124 cm³/mol. The summed E-state index contributed by atoms with van der Waals surface area (Å²) >= 11 is 9.99. The SMILES string of the molecule is Clc1cnc(NC2CCCCC2)cc1-c1ccnc(NCc2cccc(Br)c2)c1. The van der Waals surface area contributed by atoms with Crippen LogP contribution >= 0.6 is 27.5 Å². The van der Waals surface area contributed by atoms with Crippen LogP contribution in [0.25, 0.3) is 11.1 Å². The maximum absolute atomic E-state index is 6.48. The van der Waals surface area contributed by atoms with Crippen molar-refractivity contribution in [3.05, 3.63) is 69.9 Å². The van der Waals surface area contributed by atoms with E-state index < -0.39 is 0 Å². The van der Waals surface area contributed by atoms with Gasteiger partial charge >= 0.3 is 0 Å². The summed E-state index contributed by atoms with van der Waals surface area (Å²) in [4.78, 5) is 8.94. The van der Waals surface area contributed by atoms with Crippen molar-refractivity contribution >= 4 is 39.2 Å². The number of hydrogen-bond donors (Lipinski definition) is 2. The summed E-state index contributed by atoms with van der Waals surface area (Å²) in [6.45, 7) is 0.703. The monoisotopic (exact) mass is 470 g/mol. The standard InChI is InChI=1S/C23H24BrClN4/c24-18-6-4-5-16(11-18)14-27-22-12-17(9-10-26-22)20-13-23(28-15-21(20)25)29-19-7-2-1-3-8-19/h4-6,9-13,15,19H,1-3,7-8,14H2,(H,26,27)(H,28,29). The third kappa shape index (κ3) is 5.49. The molecule has 1 saturated carbocycles. The molecule has 1 aliphatic rings. The summed E-state index contributed by atoms with van der Waals surface area (Å²) in [7, 11) is 0. The number of halogens is 2. The van der Waals surface area contributed by atoms with Crippen molar-refractivity contribution in [2.45, 2.75) is 44.7 Å². The van der Waals surface area contributed by atoms with E-state index in [1.165, 1.54) is 37.7 Å². The van der Waals surface area contributed by atoms with Gasteiger partial charge in [-0.2, -0.15) is 0 Å². The van der Waals surface area contributed by atoms with Gasteiger partial charge < -0.3 is 10.6 Å². The Hall–Kier alpha value is -2.11. The number of nitrogens with one attached hydrogen (secondary N) is 2. The van der Waals surface area contributed by atoms with E-state index in [-0.39, 0.29) is 0 Å². The number of aromatic nitrogens is 2. The highest BCUT2D eigenvalue weighted by Gasteiger charge is 2.15. The van der Waals surface area contributed by atoms with E-state index in [9.17, 15) is 0 Å². The summed E-state index contributed by atoms with van der Waals surface area (Å²) in [5.41, 5.74) is 3.18. The number of anilines is 2. The van der Waals surface area contributed by atoms with Gasteiger partial charge in [0, 0.05) is 35.0 Å². The highest BCUT2D eigenvalue weighted by atomic mass is 79.9. The van der Waals surface area contributed by atoms with Crippen LogP contribution in [0.5, 0.6) is 0 Å². The zero-order chi connectivity index (χ0) is 20.1. The smallest absolute Gasteiger partial charge is 0.126 e. The van der Waals surface area contributed by atoms with Crippen LogP contribution in [0.2, 0.25) is 5.02 Å². The lowest BCUT2D eigenvalue weighted by Gasteiger charge is -2.23. The van der Waals surface area contributed by atoms with Gasteiger partial charge in [0.15, 0.2) is 0 Å². The minimum Gasteiger partial charge on any atom is -0.367 e. The lowest BCUT2D eigenvalue weighted by molar-refractivity contribution is 0.462. The van der Waals surface area contributed by atoms with E-state index in [1.807, 2.05) is 36.5 Å². The fourth-order valence-corrected chi connectivity index (χ4v) is 4.39. The molecule has 4 rings (SSSR count). The van der Waals surface area contributed by atoms with Crippen LogP contribution in [-0.4, -0.2) is 16.0 Å². The van der Waals surface area contributed by atoms with Gasteiger partial charge in [0.1, 0.15) is 11.6 Å². The molecule has 0 unspecified atom stereocenters. The first kappa shape index (κ1) is 20.2. The fraction of sp³-hybridized carbons (Fsp3) is 0.304. The molecule has 1 fully saturated rings. The van der Waals surface area contributed by atoms with Gasteiger partial charge in [-0.3, -0.25) is 0 Å². The molecular weight excluding hydrogens is 448 g/mol. The molecule has 3 aromatic rings. The predicted octanol–water partition coefficient (Wildman–Crippen LogP) is 6.92. The molecule has 2 N–H and O–H groups in total. The van der Waals surface area contributed by atoms with Crippen molar-refractivity contribution < 1.29 is 0 Å². The maximum atomic E-state index is 6.48. The third-order valence-corrected chi connectivity index (χ3v) is 6.04. The van der Waals surface area contributed by atoms with Crippen LogP contribution in [0.4, 0.5) is 11.6 Å². The molecule has 0 spiro atoms. The van der Waals surface area contributed by atoms with E-state index in [2.05, 4.69) is 48.7 Å². The van der Waals surface area contributed by atoms with Crippen LogP contribution in [0, 0.1) is 0 Å². The van der Waals surface area contributed by atoms with E-state index in [4.69, 9.17) is 11.6 Å². The first-order chi connectivity index (χ1) is 14.2. The fourth-order valence-electron chi connectivity index (χ4n) is 3.73. The highest BCUT2D eigenvalue weighted by molar-refractivity contribution is 9.10. The molecule has 150 valence electrons. The Balaban J connectivity index is 1.50. The Labute approximate surface area is 185 Å². The van der Waals surface area contributed by atoms with Crippen LogP contribution in [0.3, 0.4) is 0 Å². The van der Waals surface area contributed by atoms with Crippen molar-refractivity contribution in [1.82, 2.24) is 9.97 Å². The third-order valence-electron chi connectivity index (χ3n) is 5.25. The Kier molecular flexibility index (Phi) is 6.67. The highest BCUT2D eigenvalue weighted by Crippen LogP contribution is 2.31. The molecule has 0 radical (unpaired) electrons. The summed E-state index contributed by atoms with van der Waals surface area (Å²) in [5.74, 6) is 1.70. The van der Waals surface area contributed by atoms with Gasteiger partial charge in [0.25, 0.3) is 0 Å². The molecule has 0 aliphatic heterocycles. The molecule has 0 saturated heterocycles. The topological polar surface area (TPSA) is 49.8 Å². The zero-order valence-electron chi connectivity index (χ0n) is 16.2. The molecule has 1 aliphatic carbocycles. The van der Waals surface area contributed by atoms with Crippen molar-refractivity contribution in [3.63, 3.8) is 0 Å². The van der Waals surface area contributed by atoms with Crippen molar-refractivity contribution in [1.29, 1.82) is 0 Å². The molecule has 29 heavy (non-hydrogen) atoms. The number of rotatable bonds is 6. The number of hydrogen-bond acceptors (Lipinski definition) is 4. The van der Waals surface area contributed by atoms with Gasteiger partial charge in [-0.15, -0.1) is 0 Å². The molecule has 0 amide bonds. The second-order valence-corrected chi connectivity index (χ2v) is 8.76. The average Bonchev–Trinajstić information content (AvgIpc) is 2.75. The summed E-state index contributed by atoms with van der Waals surface area (Å²) in [5, 5.41) is 7.61. The molecule has 2 heterocycles. The van der Waals surface area contributed by atoms with Crippen LogP contribution < -0.4 is 10.6 Å². The van der Waals surface area contributed by atoms with Crippen molar-refractivity contribution in [2.24, 2.45) is 0 Å². The quantitative estimate of drug-likeness (QED) is 0.410. The van der Waals surface area contributed by atoms with E-state index in [0.29, 0.717) is 17.6 Å². The van der Waals surface area contributed by atoms with Crippen molar-refractivity contribution in [3.8, 4) is 11.1 Å². The Morgan fingerprint density at radius 3 is 2.69 bits per heavy atom. The number of nitrogens with zero attached hydrogens (tertiary/aromatic N) is 2. The minimum absolute atomic E-state index is 0.505. The van der Waals surface area contributed by atoms with Gasteiger partial charge in [0.05, 0.1) is 5.02 Å². The van der Waals surface area contributed by atoms with Gasteiger partial charge in [0.2, 0.25) is 0 Å². The maximum Gasteiger partial charge on any atom is 0.126 e. The molecule has 0 bridgehead atoms. The lowest BCUT2D eigenvalue weighted by atomic mass is 9.95. The molecule has 6 heteroatoms. The first-order valence-electron chi connectivity index (χ1n) is 10.0. The van der Waals surface area contributed by atoms with Crippen molar-refractivity contribution in [2.75, 3.05) is 10.6 Å². The molecule has 1 aromatic carbocycles. The van der Waals surface area contributed by atoms with Gasteiger partial charge in [-0.1, -0.05) is 58.9 Å². The van der Waals surface area contributed by atoms with Crippen LogP contribution in [0.15, 0.2) is 59.3 Å². The minimum atomic E-state index is 0.505. The molecule has 0 atom stereocenters. The Morgan fingerprint density at radius 2 is 1.86 bits per heavy atom. The average molecular weight is 472 g/mol. The number of benzene rings is 1. The normalized spacial score (nSPS) is 14.6. The summed E-state index contributed by atoms with van der Waals surface area (Å²) in [6.07, 6.45) is 9.87. The zero-order valence-corrected chi connectivity index (χ0v) is 18.5. The first-order valence-corrected chi connectivity index (χ1v) is 11.2. The van der Waals surface area contributed by atoms with Gasteiger partial charge in [-0.25, -0.2) is 9.97 Å². The largest absolute Gasteiger partial charge is 0.367 e. The van der Waals surface area contributed by atoms with E-state index in [1.54, 1.807) is 6.20 Å². The van der Waals surface area contributed by atoms with Crippen LogP contribution in [-0.2, 0) is 6.54 Å². The van der Waals surface area contributed by atoms with Gasteiger partial charge in [-0.05, 0) is 54.3 Å².